The molecule has 1 aliphatic carbocycles. The Kier molecular flexibility index (Phi) is 7.11. The van der Waals surface area contributed by atoms with E-state index < -0.39 is 0 Å². The fourth-order valence-corrected chi connectivity index (χ4v) is 4.38. The van der Waals surface area contributed by atoms with Crippen LogP contribution in [0.25, 0.3) is 11.1 Å². The van der Waals surface area contributed by atoms with Gasteiger partial charge in [-0.2, -0.15) is 0 Å². The van der Waals surface area contributed by atoms with Gasteiger partial charge in [0.15, 0.2) is 0 Å². The van der Waals surface area contributed by atoms with Gasteiger partial charge in [-0.05, 0) is 60.4 Å². The van der Waals surface area contributed by atoms with Gasteiger partial charge >= 0.3 is 0 Å². The van der Waals surface area contributed by atoms with Gasteiger partial charge in [0.1, 0.15) is 5.82 Å². The fraction of sp³-hybridized carbons (Fsp3) is 0.462. The monoisotopic (exact) mass is 362 g/mol. The van der Waals surface area contributed by atoms with Crippen molar-refractivity contribution in [1.82, 2.24) is 0 Å². The van der Waals surface area contributed by atoms with Crippen molar-refractivity contribution in [3.8, 4) is 23.0 Å². The molecule has 1 aliphatic rings. The van der Waals surface area contributed by atoms with Crippen molar-refractivity contribution in [2.45, 2.75) is 65.2 Å². The van der Waals surface area contributed by atoms with Crippen LogP contribution in [0.5, 0.6) is 0 Å². The van der Waals surface area contributed by atoms with Crippen molar-refractivity contribution in [3.05, 3.63) is 59.4 Å². The first kappa shape index (κ1) is 19.7. The summed E-state index contributed by atoms with van der Waals surface area (Å²) < 4.78 is 14.1. The Bertz CT molecular complexity index is 783. The Labute approximate surface area is 164 Å². The molecule has 0 aliphatic heterocycles. The quantitative estimate of drug-likeness (QED) is 0.469. The molecular formula is C26H31F. The van der Waals surface area contributed by atoms with Crippen molar-refractivity contribution < 1.29 is 4.39 Å². The summed E-state index contributed by atoms with van der Waals surface area (Å²) in [6.45, 7) is 4.03. The maximum atomic E-state index is 14.1. The van der Waals surface area contributed by atoms with Crippen LogP contribution in [0.3, 0.4) is 0 Å². The molecule has 142 valence electrons. The first-order valence-corrected chi connectivity index (χ1v) is 10.5. The van der Waals surface area contributed by atoms with Crippen molar-refractivity contribution in [1.29, 1.82) is 0 Å². The molecule has 3 rings (SSSR count). The highest BCUT2D eigenvalue weighted by molar-refractivity contribution is 5.65. The summed E-state index contributed by atoms with van der Waals surface area (Å²) in [5.41, 5.74) is 3.83. The highest BCUT2D eigenvalue weighted by Gasteiger charge is 2.20. The van der Waals surface area contributed by atoms with Crippen LogP contribution in [-0.2, 0) is 6.42 Å². The minimum atomic E-state index is -0.246. The molecule has 0 aromatic heterocycles. The molecule has 0 spiro atoms. The zero-order chi connectivity index (χ0) is 19.1. The van der Waals surface area contributed by atoms with Crippen LogP contribution in [0.2, 0.25) is 0 Å². The third-order valence-corrected chi connectivity index (χ3v) is 6.02. The lowest BCUT2D eigenvalue weighted by molar-refractivity contribution is 0.252. The first-order valence-electron chi connectivity index (χ1n) is 10.5. The van der Waals surface area contributed by atoms with E-state index in [1.54, 1.807) is 19.1 Å². The molecular weight excluding hydrogens is 331 g/mol. The summed E-state index contributed by atoms with van der Waals surface area (Å²) in [6, 6.07) is 14.0. The maximum Gasteiger partial charge on any atom is 0.139 e. The normalized spacial score (nSPS) is 19.4. The van der Waals surface area contributed by atoms with E-state index in [1.165, 1.54) is 50.5 Å². The lowest BCUT2D eigenvalue weighted by atomic mass is 9.78. The van der Waals surface area contributed by atoms with Crippen LogP contribution in [0.15, 0.2) is 42.5 Å². The lowest BCUT2D eigenvalue weighted by Gasteiger charge is -2.28. The average molecular weight is 363 g/mol. The molecule has 0 bridgehead atoms. The summed E-state index contributed by atoms with van der Waals surface area (Å²) in [7, 11) is 0. The van der Waals surface area contributed by atoms with Crippen LogP contribution in [-0.4, -0.2) is 0 Å². The second-order valence-electron chi connectivity index (χ2n) is 7.98. The SMILES string of the molecule is CC#Cc1ccc(-c2ccc(CC[C@H]3CC[C@H](CCC)CC3)cc2)cc1F. The maximum absolute atomic E-state index is 14.1. The summed E-state index contributed by atoms with van der Waals surface area (Å²) in [4.78, 5) is 0. The number of aryl methyl sites for hydroxylation is 1. The number of benzene rings is 2. The number of hydrogen-bond acceptors (Lipinski definition) is 0. The van der Waals surface area contributed by atoms with Gasteiger partial charge < -0.3 is 0 Å². The van der Waals surface area contributed by atoms with E-state index in [1.807, 2.05) is 6.07 Å². The highest BCUT2D eigenvalue weighted by atomic mass is 19.1. The first-order chi connectivity index (χ1) is 13.2. The van der Waals surface area contributed by atoms with E-state index in [0.717, 1.165) is 29.4 Å². The zero-order valence-corrected chi connectivity index (χ0v) is 16.7. The topological polar surface area (TPSA) is 0 Å². The molecule has 0 unspecified atom stereocenters. The van der Waals surface area contributed by atoms with Crippen molar-refractivity contribution >= 4 is 0 Å². The Morgan fingerprint density at radius 3 is 2.11 bits per heavy atom. The van der Waals surface area contributed by atoms with Gasteiger partial charge in [0.25, 0.3) is 0 Å². The molecule has 0 nitrogen and oxygen atoms in total. The average Bonchev–Trinajstić information content (AvgIpc) is 2.70. The number of rotatable bonds is 6. The van der Waals surface area contributed by atoms with Crippen molar-refractivity contribution in [2.75, 3.05) is 0 Å². The van der Waals surface area contributed by atoms with Gasteiger partial charge in [-0.1, -0.05) is 81.7 Å². The molecule has 0 radical (unpaired) electrons. The molecule has 2 aromatic carbocycles. The third kappa shape index (κ3) is 5.46. The molecule has 2 aromatic rings. The van der Waals surface area contributed by atoms with Crippen LogP contribution in [0.4, 0.5) is 4.39 Å². The number of hydrogen-bond donors (Lipinski definition) is 0. The van der Waals surface area contributed by atoms with Crippen LogP contribution in [0.1, 0.15) is 69.9 Å². The van der Waals surface area contributed by atoms with Gasteiger partial charge in [0, 0.05) is 0 Å². The van der Waals surface area contributed by atoms with Crippen molar-refractivity contribution in [3.63, 3.8) is 0 Å². The summed E-state index contributed by atoms with van der Waals surface area (Å²) in [5, 5.41) is 0. The molecule has 0 saturated heterocycles. The predicted octanol–water partition coefficient (Wildman–Crippen LogP) is 7.40. The summed E-state index contributed by atoms with van der Waals surface area (Å²) in [6.07, 6.45) is 10.9. The largest absolute Gasteiger partial charge is 0.206 e. The summed E-state index contributed by atoms with van der Waals surface area (Å²) >= 11 is 0. The van der Waals surface area contributed by atoms with Crippen LogP contribution >= 0.6 is 0 Å². The van der Waals surface area contributed by atoms with Crippen molar-refractivity contribution in [2.24, 2.45) is 11.8 Å². The Balaban J connectivity index is 1.55. The van der Waals surface area contributed by atoms with Gasteiger partial charge in [0.2, 0.25) is 0 Å². The zero-order valence-electron chi connectivity index (χ0n) is 16.7. The van der Waals surface area contributed by atoms with E-state index in [0.29, 0.717) is 5.56 Å². The second kappa shape index (κ2) is 9.75. The highest BCUT2D eigenvalue weighted by Crippen LogP contribution is 2.34. The Morgan fingerprint density at radius 2 is 1.52 bits per heavy atom. The molecule has 0 atom stereocenters. The fourth-order valence-electron chi connectivity index (χ4n) is 4.38. The molecule has 1 fully saturated rings. The lowest BCUT2D eigenvalue weighted by Crippen LogP contribution is -2.15. The smallest absolute Gasteiger partial charge is 0.139 e. The molecule has 27 heavy (non-hydrogen) atoms. The van der Waals surface area contributed by atoms with E-state index in [4.69, 9.17) is 0 Å². The van der Waals surface area contributed by atoms with Gasteiger partial charge in [-0.15, -0.1) is 5.92 Å². The summed E-state index contributed by atoms with van der Waals surface area (Å²) in [5.74, 6) is 7.19. The third-order valence-electron chi connectivity index (χ3n) is 6.02. The van der Waals surface area contributed by atoms with E-state index in [2.05, 4.69) is 43.0 Å². The van der Waals surface area contributed by atoms with Gasteiger partial charge in [-0.3, -0.25) is 0 Å². The second-order valence-corrected chi connectivity index (χ2v) is 7.98. The molecule has 0 N–H and O–H groups in total. The number of halogens is 1. The molecule has 1 saturated carbocycles. The molecule has 0 amide bonds. The minimum Gasteiger partial charge on any atom is -0.206 e. The van der Waals surface area contributed by atoms with Gasteiger partial charge in [0.05, 0.1) is 5.56 Å². The predicted molar refractivity (Wildman–Crippen MR) is 113 cm³/mol. The minimum absolute atomic E-state index is 0.246. The van der Waals surface area contributed by atoms with Gasteiger partial charge in [-0.25, -0.2) is 4.39 Å². The van der Waals surface area contributed by atoms with E-state index in [-0.39, 0.29) is 5.82 Å². The molecule has 1 heteroatoms. The van der Waals surface area contributed by atoms with Crippen LogP contribution in [0, 0.1) is 29.5 Å². The van der Waals surface area contributed by atoms with E-state index in [9.17, 15) is 4.39 Å². The Hall–Kier alpha value is -2.07. The standard InChI is InChI=1S/C26H31F/c1-3-5-20-7-9-21(10-8-20)11-12-22-13-15-23(16-14-22)25-18-17-24(6-4-2)26(27)19-25/h13-21H,3,5,7-12H2,1-2H3/t20-,21-. The van der Waals surface area contributed by atoms with E-state index >= 15 is 0 Å². The molecule has 0 heterocycles. The Morgan fingerprint density at radius 1 is 0.889 bits per heavy atom. The van der Waals surface area contributed by atoms with Crippen LogP contribution < -0.4 is 0 Å².